The normalized spacial score (nSPS) is 16.1. The Balaban J connectivity index is 1.36. The van der Waals surface area contributed by atoms with Gasteiger partial charge >= 0.3 is 0 Å². The summed E-state index contributed by atoms with van der Waals surface area (Å²) in [5, 5.41) is 6.80. The van der Waals surface area contributed by atoms with Crippen LogP contribution in [-0.4, -0.2) is 37.3 Å². The second kappa shape index (κ2) is 10.8. The first-order valence-electron chi connectivity index (χ1n) is 11.0. The standard InChI is InChI=1S/C26H30N4O2/c1-19-9-10-22(25(14-19)32-23-11-13-31-18-23)17-30-26(27-2)29-16-20-6-5-7-21(15-20)24-8-3-4-12-28-24/h3-10,12,14-15,23H,11,13,16-18H2,1-2H3,(H2,27,29,30). The monoisotopic (exact) mass is 430 g/mol. The molecule has 3 aromatic rings. The summed E-state index contributed by atoms with van der Waals surface area (Å²) >= 11 is 0. The molecule has 6 nitrogen and oxygen atoms in total. The van der Waals surface area contributed by atoms with Crippen LogP contribution in [0.1, 0.15) is 23.1 Å². The average molecular weight is 431 g/mol. The Hall–Kier alpha value is -3.38. The lowest BCUT2D eigenvalue weighted by atomic mass is 10.1. The molecule has 0 spiro atoms. The number of pyridine rings is 1. The molecule has 1 atom stereocenters. The minimum Gasteiger partial charge on any atom is -0.488 e. The van der Waals surface area contributed by atoms with Gasteiger partial charge < -0.3 is 20.1 Å². The number of nitrogens with one attached hydrogen (secondary N) is 2. The maximum absolute atomic E-state index is 6.21. The first-order chi connectivity index (χ1) is 15.7. The predicted molar refractivity (Wildman–Crippen MR) is 128 cm³/mol. The van der Waals surface area contributed by atoms with Crippen molar-refractivity contribution in [3.63, 3.8) is 0 Å². The Kier molecular flexibility index (Phi) is 7.35. The molecule has 1 aliphatic heterocycles. The van der Waals surface area contributed by atoms with Gasteiger partial charge in [-0.05, 0) is 42.3 Å². The summed E-state index contributed by atoms with van der Waals surface area (Å²) in [7, 11) is 1.78. The van der Waals surface area contributed by atoms with Crippen molar-refractivity contribution in [3.8, 4) is 17.0 Å². The van der Waals surface area contributed by atoms with Crippen molar-refractivity contribution < 1.29 is 9.47 Å². The fourth-order valence-electron chi connectivity index (χ4n) is 3.66. The number of guanidine groups is 1. The van der Waals surface area contributed by atoms with Crippen molar-refractivity contribution in [2.24, 2.45) is 4.99 Å². The van der Waals surface area contributed by atoms with E-state index in [9.17, 15) is 0 Å². The predicted octanol–water partition coefficient (Wildman–Crippen LogP) is 4.09. The van der Waals surface area contributed by atoms with Crippen LogP contribution >= 0.6 is 0 Å². The van der Waals surface area contributed by atoms with E-state index in [0.29, 0.717) is 19.7 Å². The fraction of sp³-hybridized carbons (Fsp3) is 0.308. The molecule has 0 saturated carbocycles. The summed E-state index contributed by atoms with van der Waals surface area (Å²) in [4.78, 5) is 8.81. The summed E-state index contributed by atoms with van der Waals surface area (Å²) in [6, 6.07) is 20.6. The second-order valence-electron chi connectivity index (χ2n) is 7.91. The van der Waals surface area contributed by atoms with Gasteiger partial charge in [-0.3, -0.25) is 9.98 Å². The van der Waals surface area contributed by atoms with Gasteiger partial charge in [0.15, 0.2) is 5.96 Å². The summed E-state index contributed by atoms with van der Waals surface area (Å²) < 4.78 is 11.7. The van der Waals surface area contributed by atoms with Crippen LogP contribution in [-0.2, 0) is 17.8 Å². The molecule has 32 heavy (non-hydrogen) atoms. The van der Waals surface area contributed by atoms with E-state index in [1.54, 1.807) is 7.05 Å². The highest BCUT2D eigenvalue weighted by molar-refractivity contribution is 5.79. The van der Waals surface area contributed by atoms with E-state index < -0.39 is 0 Å². The molecule has 2 N–H and O–H groups in total. The molecule has 0 aliphatic carbocycles. The van der Waals surface area contributed by atoms with E-state index in [2.05, 4.69) is 70.0 Å². The molecule has 4 rings (SSSR count). The van der Waals surface area contributed by atoms with Crippen molar-refractivity contribution in [2.75, 3.05) is 20.3 Å². The molecule has 1 aromatic heterocycles. The zero-order valence-electron chi connectivity index (χ0n) is 18.7. The van der Waals surface area contributed by atoms with Crippen LogP contribution in [0.3, 0.4) is 0 Å². The van der Waals surface area contributed by atoms with Crippen molar-refractivity contribution in [3.05, 3.63) is 83.6 Å². The van der Waals surface area contributed by atoms with Gasteiger partial charge in [0.05, 0.1) is 18.9 Å². The quantitative estimate of drug-likeness (QED) is 0.437. The molecule has 1 saturated heterocycles. The summed E-state index contributed by atoms with van der Waals surface area (Å²) in [5.41, 5.74) is 5.51. The number of nitrogens with zero attached hydrogens (tertiary/aromatic N) is 2. The molecule has 2 aromatic carbocycles. The van der Waals surface area contributed by atoms with Gasteiger partial charge in [0.1, 0.15) is 11.9 Å². The van der Waals surface area contributed by atoms with E-state index in [-0.39, 0.29) is 6.10 Å². The van der Waals surface area contributed by atoms with Gasteiger partial charge in [0.2, 0.25) is 0 Å². The van der Waals surface area contributed by atoms with Crippen LogP contribution in [0.4, 0.5) is 0 Å². The molecular weight excluding hydrogens is 400 g/mol. The smallest absolute Gasteiger partial charge is 0.191 e. The third-order valence-corrected chi connectivity index (χ3v) is 5.42. The van der Waals surface area contributed by atoms with Crippen molar-refractivity contribution in [1.82, 2.24) is 15.6 Å². The largest absolute Gasteiger partial charge is 0.488 e. The number of hydrogen-bond donors (Lipinski definition) is 2. The molecule has 1 fully saturated rings. The van der Waals surface area contributed by atoms with Gasteiger partial charge in [0, 0.05) is 43.9 Å². The maximum atomic E-state index is 6.21. The highest BCUT2D eigenvalue weighted by Gasteiger charge is 2.18. The first kappa shape index (κ1) is 21.8. The second-order valence-corrected chi connectivity index (χ2v) is 7.91. The molecule has 1 aliphatic rings. The molecule has 1 unspecified atom stereocenters. The summed E-state index contributed by atoms with van der Waals surface area (Å²) in [5.74, 6) is 1.65. The van der Waals surface area contributed by atoms with Gasteiger partial charge in [0.25, 0.3) is 0 Å². The van der Waals surface area contributed by atoms with Crippen molar-refractivity contribution >= 4 is 5.96 Å². The van der Waals surface area contributed by atoms with Crippen LogP contribution in [0.2, 0.25) is 0 Å². The highest BCUT2D eigenvalue weighted by atomic mass is 16.5. The number of benzene rings is 2. The van der Waals surface area contributed by atoms with Crippen molar-refractivity contribution in [2.45, 2.75) is 32.5 Å². The molecule has 6 heteroatoms. The number of ether oxygens (including phenoxy) is 2. The molecule has 0 radical (unpaired) electrons. The minimum absolute atomic E-state index is 0.124. The molecular formula is C26H30N4O2. The van der Waals surface area contributed by atoms with Crippen molar-refractivity contribution in [1.29, 1.82) is 0 Å². The van der Waals surface area contributed by atoms with Crippen LogP contribution in [0.25, 0.3) is 11.3 Å². The Labute approximate surface area is 189 Å². The van der Waals surface area contributed by atoms with E-state index in [0.717, 1.165) is 47.1 Å². The summed E-state index contributed by atoms with van der Waals surface area (Å²) in [6.07, 6.45) is 2.87. The SMILES string of the molecule is CN=C(NCc1cccc(-c2ccccn2)c1)NCc1ccc(C)cc1OC1CCOC1. The first-order valence-corrected chi connectivity index (χ1v) is 11.0. The highest BCUT2D eigenvalue weighted by Crippen LogP contribution is 2.24. The summed E-state index contributed by atoms with van der Waals surface area (Å²) in [6.45, 7) is 4.78. The number of hydrogen-bond acceptors (Lipinski definition) is 4. The Bertz CT molecular complexity index is 1050. The number of rotatable bonds is 7. The zero-order valence-corrected chi connectivity index (χ0v) is 18.7. The zero-order chi connectivity index (χ0) is 22.2. The fourth-order valence-corrected chi connectivity index (χ4v) is 3.66. The van der Waals surface area contributed by atoms with E-state index in [4.69, 9.17) is 9.47 Å². The third-order valence-electron chi connectivity index (χ3n) is 5.42. The van der Waals surface area contributed by atoms with E-state index in [1.165, 1.54) is 5.56 Å². The minimum atomic E-state index is 0.124. The van der Waals surface area contributed by atoms with Crippen LogP contribution in [0.5, 0.6) is 5.75 Å². The number of aromatic nitrogens is 1. The Morgan fingerprint density at radius 1 is 1.09 bits per heavy atom. The lowest BCUT2D eigenvalue weighted by molar-refractivity contribution is 0.140. The van der Waals surface area contributed by atoms with Gasteiger partial charge in [-0.25, -0.2) is 0 Å². The molecule has 0 bridgehead atoms. The van der Waals surface area contributed by atoms with Crippen LogP contribution in [0.15, 0.2) is 71.9 Å². The van der Waals surface area contributed by atoms with E-state index in [1.807, 2.05) is 24.4 Å². The third kappa shape index (κ3) is 5.86. The molecule has 0 amide bonds. The van der Waals surface area contributed by atoms with Crippen LogP contribution < -0.4 is 15.4 Å². The van der Waals surface area contributed by atoms with E-state index >= 15 is 0 Å². The Morgan fingerprint density at radius 2 is 2.00 bits per heavy atom. The lowest BCUT2D eigenvalue weighted by Gasteiger charge is -2.18. The Morgan fingerprint density at radius 3 is 2.78 bits per heavy atom. The average Bonchev–Trinajstić information content (AvgIpc) is 3.34. The lowest BCUT2D eigenvalue weighted by Crippen LogP contribution is -2.36. The van der Waals surface area contributed by atoms with Gasteiger partial charge in [-0.15, -0.1) is 0 Å². The topological polar surface area (TPSA) is 67.8 Å². The van der Waals surface area contributed by atoms with Crippen LogP contribution in [0, 0.1) is 6.92 Å². The molecule has 2 heterocycles. The number of aryl methyl sites for hydroxylation is 1. The number of aliphatic imine (C=N–C) groups is 1. The van der Waals surface area contributed by atoms with Gasteiger partial charge in [-0.2, -0.15) is 0 Å². The maximum Gasteiger partial charge on any atom is 0.191 e. The van der Waals surface area contributed by atoms with Gasteiger partial charge in [-0.1, -0.05) is 36.4 Å². The molecule has 166 valence electrons.